The molecule has 0 saturated heterocycles. The van der Waals surface area contributed by atoms with Crippen LogP contribution < -0.4 is 16.0 Å². The summed E-state index contributed by atoms with van der Waals surface area (Å²) in [5.41, 5.74) is 9.84. The maximum Gasteiger partial charge on any atom is 0.250 e. The van der Waals surface area contributed by atoms with Crippen molar-refractivity contribution in [3.8, 4) is 5.75 Å². The van der Waals surface area contributed by atoms with E-state index >= 15 is 0 Å². The smallest absolute Gasteiger partial charge is 0.250 e. The molecule has 2 N–H and O–H groups in total. The van der Waals surface area contributed by atoms with E-state index in [0.29, 0.717) is 18.8 Å². The van der Waals surface area contributed by atoms with Gasteiger partial charge in [-0.15, -0.1) is 0 Å². The minimum Gasteiger partial charge on any atom is -0.493 e. The van der Waals surface area contributed by atoms with Crippen molar-refractivity contribution < 1.29 is 4.74 Å². The Morgan fingerprint density at radius 2 is 1.95 bits per heavy atom. The molecule has 0 bridgehead atoms. The number of hydrogen-bond donors (Lipinski definition) is 1. The highest BCUT2D eigenvalue weighted by Gasteiger charge is 2.04. The first kappa shape index (κ1) is 15.2. The summed E-state index contributed by atoms with van der Waals surface area (Å²) in [4.78, 5) is 11.6. The largest absolute Gasteiger partial charge is 0.493 e. The zero-order valence-electron chi connectivity index (χ0n) is 12.8. The molecule has 0 aliphatic heterocycles. The summed E-state index contributed by atoms with van der Waals surface area (Å²) in [5, 5.41) is 0. The number of anilines is 1. The Morgan fingerprint density at radius 3 is 2.71 bits per heavy atom. The van der Waals surface area contributed by atoms with Crippen LogP contribution in [0.1, 0.15) is 23.1 Å². The molecule has 1 heterocycles. The Bertz CT molecular complexity index is 690. The lowest BCUT2D eigenvalue weighted by atomic mass is 10.1. The van der Waals surface area contributed by atoms with Crippen molar-refractivity contribution in [3.05, 3.63) is 57.5 Å². The first-order chi connectivity index (χ1) is 9.97. The van der Waals surface area contributed by atoms with E-state index in [1.54, 1.807) is 16.8 Å². The highest BCUT2D eigenvalue weighted by molar-refractivity contribution is 5.41. The van der Waals surface area contributed by atoms with E-state index in [1.807, 2.05) is 0 Å². The Hall–Kier alpha value is -2.23. The van der Waals surface area contributed by atoms with Gasteiger partial charge in [-0.05, 0) is 56.0 Å². The van der Waals surface area contributed by atoms with Gasteiger partial charge in [0.1, 0.15) is 5.75 Å². The number of aromatic nitrogens is 1. The molecule has 0 spiro atoms. The van der Waals surface area contributed by atoms with E-state index < -0.39 is 0 Å². The average molecular weight is 286 g/mol. The predicted octanol–water partition coefficient (Wildman–Crippen LogP) is 2.82. The summed E-state index contributed by atoms with van der Waals surface area (Å²) in [7, 11) is 0. The Labute approximate surface area is 125 Å². The van der Waals surface area contributed by atoms with Gasteiger partial charge in [-0.25, -0.2) is 0 Å². The van der Waals surface area contributed by atoms with Gasteiger partial charge < -0.3 is 15.0 Å². The van der Waals surface area contributed by atoms with Crippen molar-refractivity contribution in [2.75, 3.05) is 12.3 Å². The molecule has 112 valence electrons. The minimum atomic E-state index is -0.0354. The van der Waals surface area contributed by atoms with Gasteiger partial charge >= 0.3 is 0 Å². The van der Waals surface area contributed by atoms with Gasteiger partial charge in [-0.3, -0.25) is 4.79 Å². The monoisotopic (exact) mass is 286 g/mol. The van der Waals surface area contributed by atoms with Gasteiger partial charge in [0.25, 0.3) is 5.56 Å². The predicted molar refractivity (Wildman–Crippen MR) is 85.9 cm³/mol. The standard InChI is InChI=1S/C17H22N2O2/c1-12-9-13(2)14(3)16(10-12)21-8-4-7-19-11-15(18)5-6-17(19)20/h5-6,9-11H,4,7-8,18H2,1-3H3. The highest BCUT2D eigenvalue weighted by atomic mass is 16.5. The number of hydrogen-bond acceptors (Lipinski definition) is 3. The van der Waals surface area contributed by atoms with Crippen molar-refractivity contribution in [1.82, 2.24) is 4.57 Å². The lowest BCUT2D eigenvalue weighted by molar-refractivity contribution is 0.298. The van der Waals surface area contributed by atoms with Gasteiger partial charge in [-0.1, -0.05) is 6.07 Å². The summed E-state index contributed by atoms with van der Waals surface area (Å²) >= 11 is 0. The maximum absolute atomic E-state index is 11.6. The van der Waals surface area contributed by atoms with Crippen LogP contribution in [0.3, 0.4) is 0 Å². The van der Waals surface area contributed by atoms with Crippen LogP contribution in [-0.4, -0.2) is 11.2 Å². The topological polar surface area (TPSA) is 57.2 Å². The molecule has 0 atom stereocenters. The second-order valence-corrected chi connectivity index (χ2v) is 5.40. The second kappa shape index (κ2) is 6.48. The first-order valence-corrected chi connectivity index (χ1v) is 7.14. The summed E-state index contributed by atoms with van der Waals surface area (Å²) in [6.45, 7) is 7.39. The van der Waals surface area contributed by atoms with E-state index in [1.165, 1.54) is 22.8 Å². The van der Waals surface area contributed by atoms with Crippen LogP contribution in [-0.2, 0) is 6.54 Å². The van der Waals surface area contributed by atoms with Crippen molar-refractivity contribution in [2.24, 2.45) is 0 Å². The van der Waals surface area contributed by atoms with Gasteiger partial charge in [0.2, 0.25) is 0 Å². The molecule has 4 heteroatoms. The minimum absolute atomic E-state index is 0.0354. The number of aryl methyl sites for hydroxylation is 3. The van der Waals surface area contributed by atoms with Crippen LogP contribution in [0, 0.1) is 20.8 Å². The third-order valence-corrected chi connectivity index (χ3v) is 3.57. The summed E-state index contributed by atoms with van der Waals surface area (Å²) in [6.07, 6.45) is 2.43. The number of rotatable bonds is 5. The number of pyridine rings is 1. The molecular weight excluding hydrogens is 264 g/mol. The lowest BCUT2D eigenvalue weighted by Crippen LogP contribution is -2.20. The fourth-order valence-corrected chi connectivity index (χ4v) is 2.29. The molecule has 4 nitrogen and oxygen atoms in total. The molecule has 1 aromatic carbocycles. The first-order valence-electron chi connectivity index (χ1n) is 7.14. The fraction of sp³-hybridized carbons (Fsp3) is 0.353. The zero-order valence-corrected chi connectivity index (χ0v) is 12.8. The van der Waals surface area contributed by atoms with Gasteiger partial charge in [0.05, 0.1) is 6.61 Å². The van der Waals surface area contributed by atoms with E-state index in [0.717, 1.165) is 12.2 Å². The molecule has 0 aliphatic rings. The molecule has 2 rings (SSSR count). The quantitative estimate of drug-likeness (QED) is 0.860. The number of nitrogens with zero attached hydrogens (tertiary/aromatic N) is 1. The molecule has 21 heavy (non-hydrogen) atoms. The van der Waals surface area contributed by atoms with Crippen molar-refractivity contribution >= 4 is 5.69 Å². The highest BCUT2D eigenvalue weighted by Crippen LogP contribution is 2.23. The van der Waals surface area contributed by atoms with E-state index in [-0.39, 0.29) is 5.56 Å². The Kier molecular flexibility index (Phi) is 4.68. The normalized spacial score (nSPS) is 10.6. The molecule has 0 fully saturated rings. The Balaban J connectivity index is 1.93. The second-order valence-electron chi connectivity index (χ2n) is 5.40. The summed E-state index contributed by atoms with van der Waals surface area (Å²) in [6, 6.07) is 7.31. The van der Waals surface area contributed by atoms with Crippen LogP contribution in [0.4, 0.5) is 5.69 Å². The Morgan fingerprint density at radius 1 is 1.19 bits per heavy atom. The molecule has 1 aromatic heterocycles. The molecular formula is C17H22N2O2. The maximum atomic E-state index is 11.6. The van der Waals surface area contributed by atoms with Crippen LogP contribution in [0.2, 0.25) is 0 Å². The molecule has 0 saturated carbocycles. The lowest BCUT2D eigenvalue weighted by Gasteiger charge is -2.13. The molecule has 0 radical (unpaired) electrons. The van der Waals surface area contributed by atoms with Crippen LogP contribution >= 0.6 is 0 Å². The van der Waals surface area contributed by atoms with E-state index in [2.05, 4.69) is 32.9 Å². The van der Waals surface area contributed by atoms with Crippen LogP contribution in [0.25, 0.3) is 0 Å². The van der Waals surface area contributed by atoms with Gasteiger partial charge in [0.15, 0.2) is 0 Å². The molecule has 0 unspecified atom stereocenters. The molecule has 0 amide bonds. The number of ether oxygens (including phenoxy) is 1. The summed E-state index contributed by atoms with van der Waals surface area (Å²) < 4.78 is 7.46. The van der Waals surface area contributed by atoms with Gasteiger partial charge in [-0.2, -0.15) is 0 Å². The summed E-state index contributed by atoms with van der Waals surface area (Å²) in [5.74, 6) is 0.924. The third kappa shape index (κ3) is 3.88. The fourth-order valence-electron chi connectivity index (χ4n) is 2.29. The molecule has 0 aliphatic carbocycles. The van der Waals surface area contributed by atoms with Crippen molar-refractivity contribution in [1.29, 1.82) is 0 Å². The number of benzene rings is 1. The SMILES string of the molecule is Cc1cc(C)c(C)c(OCCCn2cc(N)ccc2=O)c1. The van der Waals surface area contributed by atoms with E-state index in [4.69, 9.17) is 10.5 Å². The number of nitrogen functional groups attached to an aromatic ring is 1. The van der Waals surface area contributed by atoms with Crippen LogP contribution in [0.15, 0.2) is 35.3 Å². The molecule has 2 aromatic rings. The van der Waals surface area contributed by atoms with Gasteiger partial charge in [0, 0.05) is 24.5 Å². The van der Waals surface area contributed by atoms with Crippen molar-refractivity contribution in [2.45, 2.75) is 33.7 Å². The zero-order chi connectivity index (χ0) is 15.4. The third-order valence-electron chi connectivity index (χ3n) is 3.57. The number of nitrogens with two attached hydrogens (primary N) is 1. The van der Waals surface area contributed by atoms with Crippen LogP contribution in [0.5, 0.6) is 5.75 Å². The van der Waals surface area contributed by atoms with E-state index in [9.17, 15) is 4.79 Å². The van der Waals surface area contributed by atoms with Crippen molar-refractivity contribution in [3.63, 3.8) is 0 Å². The average Bonchev–Trinajstić information content (AvgIpc) is 2.43.